The molecule has 0 fully saturated rings. The first-order chi connectivity index (χ1) is 12.0. The highest BCUT2D eigenvalue weighted by atomic mass is 16.6. The van der Waals surface area contributed by atoms with Crippen molar-refractivity contribution in [2.75, 3.05) is 12.4 Å². The summed E-state index contributed by atoms with van der Waals surface area (Å²) in [6, 6.07) is 13.5. The topological polar surface area (TPSA) is 88.4 Å². The maximum Gasteiger partial charge on any atom is 0.336 e. The highest BCUT2D eigenvalue weighted by molar-refractivity contribution is 5.90. The number of hydrogen-bond donors (Lipinski definition) is 1. The van der Waals surface area contributed by atoms with Crippen LogP contribution in [0.4, 0.5) is 5.69 Å². The van der Waals surface area contributed by atoms with E-state index in [9.17, 15) is 9.59 Å². The molecule has 2 rings (SSSR count). The van der Waals surface area contributed by atoms with E-state index in [1.165, 1.54) is 38.3 Å². The summed E-state index contributed by atoms with van der Waals surface area (Å²) in [7, 11) is 1.43. The number of hydrogen-bond acceptors (Lipinski definition) is 5. The Morgan fingerprint density at radius 2 is 1.84 bits per heavy atom. The zero-order valence-corrected chi connectivity index (χ0v) is 13.8. The molecule has 0 aliphatic rings. The van der Waals surface area contributed by atoms with Crippen LogP contribution in [0.2, 0.25) is 0 Å². The van der Waals surface area contributed by atoms with Crippen LogP contribution in [0.5, 0.6) is 11.5 Å². The molecule has 0 saturated heterocycles. The molecule has 0 unspecified atom stereocenters. The Labute approximate surface area is 145 Å². The minimum absolute atomic E-state index is 0.150. The molecule has 2 aromatic rings. The maximum atomic E-state index is 11.9. The molecule has 6 nitrogen and oxygen atoms in total. The molecular weight excluding hydrogens is 320 g/mol. The summed E-state index contributed by atoms with van der Waals surface area (Å²) in [5.41, 5.74) is 1.86. The molecule has 0 saturated carbocycles. The van der Waals surface area contributed by atoms with Gasteiger partial charge in [0.25, 0.3) is 0 Å². The molecule has 2 aromatic carbocycles. The Kier molecular flexibility index (Phi) is 5.91. The van der Waals surface area contributed by atoms with Gasteiger partial charge in [-0.25, -0.2) is 4.79 Å². The summed E-state index contributed by atoms with van der Waals surface area (Å²) >= 11 is 0. The van der Waals surface area contributed by atoms with E-state index in [0.29, 0.717) is 17.0 Å². The second-order valence-electron chi connectivity index (χ2n) is 5.04. The summed E-state index contributed by atoms with van der Waals surface area (Å²) in [6.07, 6.45) is 2.88. The van der Waals surface area contributed by atoms with Gasteiger partial charge in [-0.05, 0) is 35.9 Å². The van der Waals surface area contributed by atoms with Gasteiger partial charge in [-0.1, -0.05) is 12.1 Å². The van der Waals surface area contributed by atoms with E-state index in [4.69, 9.17) is 14.7 Å². The average molecular weight is 336 g/mol. The van der Waals surface area contributed by atoms with Crippen molar-refractivity contribution < 1.29 is 19.1 Å². The van der Waals surface area contributed by atoms with E-state index in [-0.39, 0.29) is 11.7 Å². The number of nitrogens with zero attached hydrogens (tertiary/aromatic N) is 1. The predicted molar refractivity (Wildman–Crippen MR) is 93.1 cm³/mol. The van der Waals surface area contributed by atoms with E-state index in [2.05, 4.69) is 5.32 Å². The third kappa shape index (κ3) is 5.22. The van der Waals surface area contributed by atoms with Crippen molar-refractivity contribution in [3.63, 3.8) is 0 Å². The second kappa shape index (κ2) is 8.31. The van der Waals surface area contributed by atoms with E-state index < -0.39 is 5.97 Å². The van der Waals surface area contributed by atoms with Gasteiger partial charge in [-0.3, -0.25) is 4.79 Å². The fourth-order valence-electron chi connectivity index (χ4n) is 2.01. The number of amides is 1. The van der Waals surface area contributed by atoms with Gasteiger partial charge >= 0.3 is 5.97 Å². The quantitative estimate of drug-likeness (QED) is 0.515. The van der Waals surface area contributed by atoms with Crippen LogP contribution in [0, 0.1) is 11.3 Å². The number of methoxy groups -OCH3 is 1. The van der Waals surface area contributed by atoms with Crippen LogP contribution in [0.15, 0.2) is 48.5 Å². The first kappa shape index (κ1) is 17.8. The van der Waals surface area contributed by atoms with Crippen LogP contribution in [0.25, 0.3) is 6.08 Å². The van der Waals surface area contributed by atoms with Crippen LogP contribution < -0.4 is 14.8 Å². The predicted octanol–water partition coefficient (Wildman–Crippen LogP) is 3.14. The van der Waals surface area contributed by atoms with Crippen molar-refractivity contribution in [2.24, 2.45) is 0 Å². The van der Waals surface area contributed by atoms with E-state index >= 15 is 0 Å². The van der Waals surface area contributed by atoms with E-state index in [0.717, 1.165) is 5.56 Å². The molecule has 0 aromatic heterocycles. The first-order valence-corrected chi connectivity index (χ1v) is 7.37. The van der Waals surface area contributed by atoms with Gasteiger partial charge in [0.1, 0.15) is 0 Å². The summed E-state index contributed by atoms with van der Waals surface area (Å²) in [5, 5.41) is 11.5. The molecule has 0 aliphatic heterocycles. The molecule has 1 N–H and O–H groups in total. The van der Waals surface area contributed by atoms with Crippen molar-refractivity contribution in [1.82, 2.24) is 0 Å². The smallest absolute Gasteiger partial charge is 0.336 e. The van der Waals surface area contributed by atoms with Crippen LogP contribution in [-0.4, -0.2) is 19.0 Å². The lowest BCUT2D eigenvalue weighted by Gasteiger charge is -2.07. The van der Waals surface area contributed by atoms with E-state index in [1.54, 1.807) is 30.3 Å². The van der Waals surface area contributed by atoms with Crippen molar-refractivity contribution in [3.05, 3.63) is 59.7 Å². The highest BCUT2D eigenvalue weighted by Gasteiger charge is 2.09. The van der Waals surface area contributed by atoms with Crippen LogP contribution in [-0.2, 0) is 9.59 Å². The summed E-state index contributed by atoms with van der Waals surface area (Å²) in [5.74, 6) is -0.185. The number of ether oxygens (including phenoxy) is 2. The average Bonchev–Trinajstić information content (AvgIpc) is 2.61. The van der Waals surface area contributed by atoms with Crippen molar-refractivity contribution >= 4 is 23.6 Å². The molecule has 0 bridgehead atoms. The Morgan fingerprint density at radius 3 is 2.44 bits per heavy atom. The van der Waals surface area contributed by atoms with Crippen molar-refractivity contribution in [1.29, 1.82) is 5.26 Å². The van der Waals surface area contributed by atoms with Crippen molar-refractivity contribution in [2.45, 2.75) is 6.92 Å². The molecule has 0 radical (unpaired) electrons. The standard InChI is InChI=1S/C19H16N2O4/c1-13(22)21-16-7-3-14(4-8-16)6-10-19(23)25-17-9-5-15(12-20)11-18(17)24-2/h3-11H,1-2H3,(H,21,22)/b10-6+. The number of nitrogens with one attached hydrogen (secondary N) is 1. The lowest BCUT2D eigenvalue weighted by atomic mass is 10.2. The van der Waals surface area contributed by atoms with Gasteiger partial charge in [0.05, 0.1) is 18.7 Å². The molecule has 25 heavy (non-hydrogen) atoms. The minimum atomic E-state index is -0.575. The molecule has 0 spiro atoms. The number of esters is 1. The maximum absolute atomic E-state index is 11.9. The summed E-state index contributed by atoms with van der Waals surface area (Å²) in [6.45, 7) is 1.43. The number of rotatable bonds is 5. The number of nitriles is 1. The molecule has 1 amide bonds. The number of benzene rings is 2. The lowest BCUT2D eigenvalue weighted by molar-refractivity contribution is -0.129. The van der Waals surface area contributed by atoms with Gasteiger partial charge in [-0.15, -0.1) is 0 Å². The third-order valence-corrected chi connectivity index (χ3v) is 3.15. The van der Waals surface area contributed by atoms with Gasteiger partial charge in [-0.2, -0.15) is 5.26 Å². The number of carbonyl (C=O) groups excluding carboxylic acids is 2. The Balaban J connectivity index is 2.03. The zero-order chi connectivity index (χ0) is 18.2. The molecule has 0 aliphatic carbocycles. The molecule has 0 atom stereocenters. The third-order valence-electron chi connectivity index (χ3n) is 3.15. The number of anilines is 1. The van der Waals surface area contributed by atoms with Crippen LogP contribution in [0.1, 0.15) is 18.1 Å². The molecular formula is C19H16N2O4. The van der Waals surface area contributed by atoms with Crippen LogP contribution in [0.3, 0.4) is 0 Å². The van der Waals surface area contributed by atoms with Crippen molar-refractivity contribution in [3.8, 4) is 17.6 Å². The normalized spacial score (nSPS) is 10.1. The molecule has 6 heteroatoms. The minimum Gasteiger partial charge on any atom is -0.493 e. The Morgan fingerprint density at radius 1 is 1.12 bits per heavy atom. The van der Waals surface area contributed by atoms with Crippen LogP contribution >= 0.6 is 0 Å². The van der Waals surface area contributed by atoms with Gasteiger partial charge in [0.2, 0.25) is 5.91 Å². The Bertz CT molecular complexity index is 849. The fourth-order valence-corrected chi connectivity index (χ4v) is 2.01. The Hall–Kier alpha value is -3.59. The fraction of sp³-hybridized carbons (Fsp3) is 0.105. The monoisotopic (exact) mass is 336 g/mol. The van der Waals surface area contributed by atoms with E-state index in [1.807, 2.05) is 6.07 Å². The lowest BCUT2D eigenvalue weighted by Crippen LogP contribution is -2.05. The summed E-state index contributed by atoms with van der Waals surface area (Å²) < 4.78 is 10.3. The SMILES string of the molecule is COc1cc(C#N)ccc1OC(=O)/C=C/c1ccc(NC(C)=O)cc1. The molecule has 0 heterocycles. The number of carbonyl (C=O) groups is 2. The first-order valence-electron chi connectivity index (χ1n) is 7.37. The van der Waals surface area contributed by atoms with Gasteiger partial charge in [0, 0.05) is 24.8 Å². The largest absolute Gasteiger partial charge is 0.493 e. The van der Waals surface area contributed by atoms with Gasteiger partial charge < -0.3 is 14.8 Å². The summed E-state index contributed by atoms with van der Waals surface area (Å²) in [4.78, 5) is 22.9. The highest BCUT2D eigenvalue weighted by Crippen LogP contribution is 2.28. The second-order valence-corrected chi connectivity index (χ2v) is 5.04. The molecule has 126 valence electrons. The zero-order valence-electron chi connectivity index (χ0n) is 13.8. The van der Waals surface area contributed by atoms with Gasteiger partial charge in [0.15, 0.2) is 11.5 Å².